The third-order valence-electron chi connectivity index (χ3n) is 2.61. The Labute approximate surface area is 115 Å². The Morgan fingerprint density at radius 3 is 2.28 bits per heavy atom. The number of anilines is 2. The van der Waals surface area contributed by atoms with Gasteiger partial charge in [0.15, 0.2) is 0 Å². The van der Waals surface area contributed by atoms with Crippen molar-refractivity contribution in [2.45, 2.75) is 5.33 Å². The Balaban J connectivity index is 2.20. The topological polar surface area (TPSA) is 38.2 Å². The summed E-state index contributed by atoms with van der Waals surface area (Å²) in [6.45, 7) is 0. The molecule has 2 aromatic rings. The summed E-state index contributed by atoms with van der Waals surface area (Å²) >= 11 is 3.37. The van der Waals surface area contributed by atoms with Gasteiger partial charge in [-0.3, -0.25) is 0 Å². The van der Waals surface area contributed by atoms with Gasteiger partial charge >= 0.3 is 0 Å². The average Bonchev–Trinajstić information content (AvgIpc) is 2.47. The maximum absolute atomic E-state index is 5.13. The quantitative estimate of drug-likeness (QED) is 0.813. The number of halogens is 1. The summed E-state index contributed by atoms with van der Waals surface area (Å²) in [5, 5.41) is 0.763. The summed E-state index contributed by atoms with van der Waals surface area (Å²) in [4.78, 5) is 10.6. The number of hydrogen-bond acceptors (Lipinski definition) is 4. The van der Waals surface area contributed by atoms with E-state index in [9.17, 15) is 0 Å². The number of hydrogen-bond donors (Lipinski definition) is 0. The normalized spacial score (nSPS) is 10.2. The Kier molecular flexibility index (Phi) is 4.15. The van der Waals surface area contributed by atoms with E-state index in [1.54, 1.807) is 7.11 Å². The molecule has 0 atom stereocenters. The molecule has 0 fully saturated rings. The van der Waals surface area contributed by atoms with Crippen LogP contribution in [0.3, 0.4) is 0 Å². The molecule has 0 radical (unpaired) electrons. The van der Waals surface area contributed by atoms with Gasteiger partial charge in [0.1, 0.15) is 5.75 Å². The zero-order valence-electron chi connectivity index (χ0n) is 10.3. The fourth-order valence-electron chi connectivity index (χ4n) is 1.51. The summed E-state index contributed by atoms with van der Waals surface area (Å²) in [6.07, 6.45) is 3.63. The number of ether oxygens (including phenoxy) is 1. The van der Waals surface area contributed by atoms with Gasteiger partial charge in [-0.15, -0.1) is 0 Å². The van der Waals surface area contributed by atoms with Gasteiger partial charge in [0.25, 0.3) is 0 Å². The van der Waals surface area contributed by atoms with Crippen molar-refractivity contribution in [3.63, 3.8) is 0 Å². The highest BCUT2D eigenvalue weighted by atomic mass is 79.9. The van der Waals surface area contributed by atoms with Crippen LogP contribution in [0.25, 0.3) is 0 Å². The van der Waals surface area contributed by atoms with Crippen LogP contribution in [-0.2, 0) is 5.33 Å². The molecule has 1 aromatic carbocycles. The molecule has 0 bridgehead atoms. The highest BCUT2D eigenvalue weighted by Gasteiger charge is 2.06. The van der Waals surface area contributed by atoms with Gasteiger partial charge in [0.2, 0.25) is 5.95 Å². The van der Waals surface area contributed by atoms with E-state index in [-0.39, 0.29) is 0 Å². The van der Waals surface area contributed by atoms with E-state index in [0.717, 1.165) is 22.3 Å². The van der Waals surface area contributed by atoms with Crippen LogP contribution in [0.5, 0.6) is 5.75 Å². The first-order valence-electron chi connectivity index (χ1n) is 5.49. The Morgan fingerprint density at radius 2 is 1.78 bits per heavy atom. The minimum absolute atomic E-state index is 0.671. The fourth-order valence-corrected chi connectivity index (χ4v) is 1.80. The molecule has 18 heavy (non-hydrogen) atoms. The molecule has 0 aliphatic heterocycles. The number of benzene rings is 1. The molecule has 1 heterocycles. The number of methoxy groups -OCH3 is 1. The zero-order chi connectivity index (χ0) is 13.0. The van der Waals surface area contributed by atoms with Crippen LogP contribution in [0, 0.1) is 0 Å². The molecule has 0 aliphatic rings. The van der Waals surface area contributed by atoms with E-state index in [4.69, 9.17) is 4.74 Å². The van der Waals surface area contributed by atoms with Crippen molar-refractivity contribution >= 4 is 27.6 Å². The third kappa shape index (κ3) is 2.79. The molecular formula is C13H14BrN3O. The van der Waals surface area contributed by atoms with Gasteiger partial charge in [0, 0.05) is 30.5 Å². The minimum Gasteiger partial charge on any atom is -0.497 e. The molecule has 0 unspecified atom stereocenters. The predicted molar refractivity (Wildman–Crippen MR) is 75.7 cm³/mol. The van der Waals surface area contributed by atoms with E-state index in [2.05, 4.69) is 25.9 Å². The molecule has 0 aliphatic carbocycles. The largest absolute Gasteiger partial charge is 0.497 e. The first-order chi connectivity index (χ1) is 8.74. The monoisotopic (exact) mass is 307 g/mol. The summed E-state index contributed by atoms with van der Waals surface area (Å²) in [5.41, 5.74) is 2.07. The van der Waals surface area contributed by atoms with Gasteiger partial charge in [-0.05, 0) is 29.8 Å². The second kappa shape index (κ2) is 5.82. The highest BCUT2D eigenvalue weighted by Crippen LogP contribution is 2.22. The maximum Gasteiger partial charge on any atom is 0.229 e. The van der Waals surface area contributed by atoms with Crippen molar-refractivity contribution < 1.29 is 4.74 Å². The molecule has 94 valence electrons. The lowest BCUT2D eigenvalue weighted by atomic mass is 10.3. The molecule has 0 N–H and O–H groups in total. The molecule has 0 saturated heterocycles. The van der Waals surface area contributed by atoms with Crippen LogP contribution in [0.1, 0.15) is 5.56 Å². The van der Waals surface area contributed by atoms with Crippen LogP contribution in [0.4, 0.5) is 11.6 Å². The number of rotatable bonds is 4. The lowest BCUT2D eigenvalue weighted by Crippen LogP contribution is -2.12. The molecular weight excluding hydrogens is 294 g/mol. The molecule has 5 heteroatoms. The lowest BCUT2D eigenvalue weighted by Gasteiger charge is -2.17. The molecule has 0 amide bonds. The first-order valence-corrected chi connectivity index (χ1v) is 6.61. The Bertz CT molecular complexity index is 451. The molecule has 1 aromatic heterocycles. The summed E-state index contributed by atoms with van der Waals surface area (Å²) in [5.74, 6) is 1.51. The molecule has 4 nitrogen and oxygen atoms in total. The van der Waals surface area contributed by atoms with Gasteiger partial charge in [-0.25, -0.2) is 9.97 Å². The first kappa shape index (κ1) is 12.8. The van der Waals surface area contributed by atoms with E-state index < -0.39 is 0 Å². The third-order valence-corrected chi connectivity index (χ3v) is 3.25. The van der Waals surface area contributed by atoms with Gasteiger partial charge in [-0.2, -0.15) is 0 Å². The van der Waals surface area contributed by atoms with E-state index in [0.29, 0.717) is 5.95 Å². The van der Waals surface area contributed by atoms with Crippen LogP contribution >= 0.6 is 15.9 Å². The fraction of sp³-hybridized carbons (Fsp3) is 0.231. The van der Waals surface area contributed by atoms with E-state index in [1.807, 2.05) is 48.6 Å². The second-order valence-corrected chi connectivity index (χ2v) is 4.34. The lowest BCUT2D eigenvalue weighted by molar-refractivity contribution is 0.415. The van der Waals surface area contributed by atoms with E-state index >= 15 is 0 Å². The van der Waals surface area contributed by atoms with Crippen LogP contribution < -0.4 is 9.64 Å². The number of alkyl halides is 1. The van der Waals surface area contributed by atoms with Crippen molar-refractivity contribution in [1.82, 2.24) is 9.97 Å². The Morgan fingerprint density at radius 1 is 1.17 bits per heavy atom. The maximum atomic E-state index is 5.13. The molecule has 0 saturated carbocycles. The highest BCUT2D eigenvalue weighted by molar-refractivity contribution is 9.08. The van der Waals surface area contributed by atoms with Gasteiger partial charge in [0.05, 0.1) is 7.11 Å². The smallest absolute Gasteiger partial charge is 0.229 e. The van der Waals surface area contributed by atoms with Gasteiger partial charge < -0.3 is 9.64 Å². The zero-order valence-corrected chi connectivity index (χ0v) is 11.9. The van der Waals surface area contributed by atoms with Crippen LogP contribution in [-0.4, -0.2) is 24.1 Å². The van der Waals surface area contributed by atoms with Gasteiger partial charge in [-0.1, -0.05) is 15.9 Å². The summed E-state index contributed by atoms with van der Waals surface area (Å²) < 4.78 is 5.13. The van der Waals surface area contributed by atoms with Crippen LogP contribution in [0.15, 0.2) is 36.7 Å². The van der Waals surface area contributed by atoms with Crippen molar-refractivity contribution in [2.75, 3.05) is 19.1 Å². The average molecular weight is 308 g/mol. The van der Waals surface area contributed by atoms with E-state index in [1.165, 1.54) is 0 Å². The summed E-state index contributed by atoms with van der Waals surface area (Å²) in [6, 6.07) is 7.78. The molecule has 2 rings (SSSR count). The number of nitrogens with zero attached hydrogens (tertiary/aromatic N) is 3. The van der Waals surface area contributed by atoms with Crippen molar-refractivity contribution in [3.8, 4) is 5.75 Å². The van der Waals surface area contributed by atoms with Crippen molar-refractivity contribution in [2.24, 2.45) is 0 Å². The molecule has 0 spiro atoms. The second-order valence-electron chi connectivity index (χ2n) is 3.78. The van der Waals surface area contributed by atoms with Crippen LogP contribution in [0.2, 0.25) is 0 Å². The number of aromatic nitrogens is 2. The summed E-state index contributed by atoms with van der Waals surface area (Å²) in [7, 11) is 3.59. The SMILES string of the molecule is COc1ccc(N(C)c2ncc(CBr)cn2)cc1. The predicted octanol–water partition coefficient (Wildman–Crippen LogP) is 3.15. The minimum atomic E-state index is 0.671. The van der Waals surface area contributed by atoms with Crippen molar-refractivity contribution in [3.05, 3.63) is 42.2 Å². The van der Waals surface area contributed by atoms with Crippen molar-refractivity contribution in [1.29, 1.82) is 0 Å². The standard InChI is InChI=1S/C13H14BrN3O/c1-17(11-3-5-12(18-2)6-4-11)13-15-8-10(7-14)9-16-13/h3-6,8-9H,7H2,1-2H3. The Hall–Kier alpha value is -1.62.